The topological polar surface area (TPSA) is 12.0 Å². The van der Waals surface area contributed by atoms with Crippen molar-refractivity contribution >= 4 is 0 Å². The SMILES string of the molecule is CC.CC.CNC1CC(C)CC1CCF. The van der Waals surface area contributed by atoms with Crippen LogP contribution >= 0.6 is 0 Å². The van der Waals surface area contributed by atoms with E-state index in [1.54, 1.807) is 0 Å². The average Bonchev–Trinajstić information content (AvgIpc) is 2.65. The van der Waals surface area contributed by atoms with Crippen molar-refractivity contribution in [3.8, 4) is 0 Å². The fourth-order valence-electron chi connectivity index (χ4n) is 2.22. The van der Waals surface area contributed by atoms with Crippen LogP contribution in [0.15, 0.2) is 0 Å². The van der Waals surface area contributed by atoms with Gasteiger partial charge in [0.05, 0.1) is 6.67 Å². The number of halogens is 1. The van der Waals surface area contributed by atoms with Gasteiger partial charge in [0.25, 0.3) is 0 Å². The average molecular weight is 219 g/mol. The lowest BCUT2D eigenvalue weighted by Gasteiger charge is -2.16. The molecule has 1 fully saturated rings. The molecule has 1 rings (SSSR count). The largest absolute Gasteiger partial charge is 0.317 e. The Kier molecular flexibility index (Phi) is 13.8. The third kappa shape index (κ3) is 6.88. The first-order chi connectivity index (χ1) is 7.27. The number of hydrogen-bond acceptors (Lipinski definition) is 1. The molecular formula is C13H30FN. The summed E-state index contributed by atoms with van der Waals surface area (Å²) in [6.07, 6.45) is 3.17. The monoisotopic (exact) mass is 219 g/mol. The van der Waals surface area contributed by atoms with E-state index in [4.69, 9.17) is 0 Å². The predicted molar refractivity (Wildman–Crippen MR) is 68.0 cm³/mol. The smallest absolute Gasteiger partial charge is 0.0897 e. The van der Waals surface area contributed by atoms with E-state index >= 15 is 0 Å². The van der Waals surface area contributed by atoms with Crippen LogP contribution in [0, 0.1) is 11.8 Å². The van der Waals surface area contributed by atoms with Crippen molar-refractivity contribution in [2.75, 3.05) is 13.7 Å². The molecule has 0 spiro atoms. The van der Waals surface area contributed by atoms with E-state index in [1.807, 2.05) is 34.7 Å². The molecule has 1 aliphatic rings. The molecule has 1 nitrogen and oxygen atoms in total. The maximum atomic E-state index is 12.1. The van der Waals surface area contributed by atoms with Crippen LogP contribution in [-0.4, -0.2) is 19.8 Å². The summed E-state index contributed by atoms with van der Waals surface area (Å²) in [6.45, 7) is 10.1. The third-order valence-corrected chi connectivity index (χ3v) is 2.78. The van der Waals surface area contributed by atoms with Gasteiger partial charge in [-0.2, -0.15) is 0 Å². The fourth-order valence-corrected chi connectivity index (χ4v) is 2.22. The zero-order chi connectivity index (χ0) is 12.3. The molecule has 0 heterocycles. The van der Waals surface area contributed by atoms with Gasteiger partial charge in [-0.1, -0.05) is 34.6 Å². The summed E-state index contributed by atoms with van der Waals surface area (Å²) in [5, 5.41) is 3.26. The molecule has 1 saturated carbocycles. The second-order valence-corrected chi connectivity index (χ2v) is 3.71. The standard InChI is InChI=1S/C9H18FN.2C2H6/c1-7-5-8(3-4-10)9(6-7)11-2;2*1-2/h7-9,11H,3-6H2,1-2H3;2*1-2H3. The van der Waals surface area contributed by atoms with Crippen molar-refractivity contribution < 1.29 is 4.39 Å². The first kappa shape index (κ1) is 17.3. The van der Waals surface area contributed by atoms with Crippen molar-refractivity contribution in [3.63, 3.8) is 0 Å². The van der Waals surface area contributed by atoms with Crippen molar-refractivity contribution in [1.29, 1.82) is 0 Å². The van der Waals surface area contributed by atoms with E-state index in [2.05, 4.69) is 12.2 Å². The lowest BCUT2D eigenvalue weighted by atomic mass is 10.0. The maximum Gasteiger partial charge on any atom is 0.0897 e. The summed E-state index contributed by atoms with van der Waals surface area (Å²) in [5.41, 5.74) is 0. The molecule has 0 aromatic heterocycles. The Labute approximate surface area is 95.8 Å². The molecule has 94 valence electrons. The van der Waals surface area contributed by atoms with Crippen molar-refractivity contribution in [2.45, 2.75) is 59.9 Å². The highest BCUT2D eigenvalue weighted by Crippen LogP contribution is 2.32. The number of rotatable bonds is 3. The molecule has 0 aliphatic heterocycles. The van der Waals surface area contributed by atoms with Gasteiger partial charge in [-0.05, 0) is 38.1 Å². The quantitative estimate of drug-likeness (QED) is 0.755. The van der Waals surface area contributed by atoms with Crippen molar-refractivity contribution in [1.82, 2.24) is 5.32 Å². The van der Waals surface area contributed by atoms with Crippen LogP contribution in [0.25, 0.3) is 0 Å². The molecule has 1 N–H and O–H groups in total. The molecule has 0 aromatic rings. The molecule has 3 unspecified atom stereocenters. The van der Waals surface area contributed by atoms with Crippen LogP contribution < -0.4 is 5.32 Å². The molecule has 0 bridgehead atoms. The van der Waals surface area contributed by atoms with E-state index in [-0.39, 0.29) is 6.67 Å². The summed E-state index contributed by atoms with van der Waals surface area (Å²) >= 11 is 0. The third-order valence-electron chi connectivity index (χ3n) is 2.78. The summed E-state index contributed by atoms with van der Waals surface area (Å²) in [6, 6.07) is 0.570. The second-order valence-electron chi connectivity index (χ2n) is 3.71. The highest BCUT2D eigenvalue weighted by Gasteiger charge is 2.29. The highest BCUT2D eigenvalue weighted by molar-refractivity contribution is 4.85. The zero-order valence-corrected chi connectivity index (χ0v) is 11.4. The van der Waals surface area contributed by atoms with Crippen LogP contribution in [-0.2, 0) is 0 Å². The van der Waals surface area contributed by atoms with Gasteiger partial charge in [0.1, 0.15) is 0 Å². The Morgan fingerprint density at radius 1 is 1.13 bits per heavy atom. The summed E-state index contributed by atoms with van der Waals surface area (Å²) in [4.78, 5) is 0. The van der Waals surface area contributed by atoms with Gasteiger partial charge < -0.3 is 5.32 Å². The number of nitrogens with one attached hydrogen (secondary N) is 1. The summed E-state index contributed by atoms with van der Waals surface area (Å²) in [7, 11) is 1.98. The van der Waals surface area contributed by atoms with E-state index in [0.717, 1.165) is 12.3 Å². The molecule has 3 atom stereocenters. The van der Waals surface area contributed by atoms with Gasteiger partial charge in [0.2, 0.25) is 0 Å². The number of hydrogen-bond donors (Lipinski definition) is 1. The Balaban J connectivity index is 0. The van der Waals surface area contributed by atoms with Gasteiger partial charge in [0.15, 0.2) is 0 Å². The Morgan fingerprint density at radius 3 is 2.07 bits per heavy atom. The number of alkyl halides is 1. The predicted octanol–water partition coefficient (Wildman–Crippen LogP) is 4.03. The Bertz CT molecular complexity index is 117. The molecule has 1 aliphatic carbocycles. The van der Waals surface area contributed by atoms with Crippen LogP contribution in [0.3, 0.4) is 0 Å². The molecule has 15 heavy (non-hydrogen) atoms. The van der Waals surface area contributed by atoms with Gasteiger partial charge >= 0.3 is 0 Å². The van der Waals surface area contributed by atoms with E-state index in [9.17, 15) is 4.39 Å². The van der Waals surface area contributed by atoms with Crippen molar-refractivity contribution in [3.05, 3.63) is 0 Å². The first-order valence-electron chi connectivity index (χ1n) is 6.51. The normalized spacial score (nSPS) is 28.6. The van der Waals surface area contributed by atoms with E-state index < -0.39 is 0 Å². The van der Waals surface area contributed by atoms with Gasteiger partial charge in [0, 0.05) is 6.04 Å². The van der Waals surface area contributed by atoms with E-state index in [1.165, 1.54) is 12.8 Å². The molecule has 2 heteroatoms. The Hall–Kier alpha value is -0.110. The lowest BCUT2D eigenvalue weighted by molar-refractivity contribution is 0.343. The minimum absolute atomic E-state index is 0.157. The molecule has 0 saturated heterocycles. The van der Waals surface area contributed by atoms with Crippen LogP contribution in [0.2, 0.25) is 0 Å². The zero-order valence-electron chi connectivity index (χ0n) is 11.4. The van der Waals surface area contributed by atoms with Gasteiger partial charge in [-0.3, -0.25) is 4.39 Å². The fraction of sp³-hybridized carbons (Fsp3) is 1.00. The van der Waals surface area contributed by atoms with Crippen molar-refractivity contribution in [2.24, 2.45) is 11.8 Å². The highest BCUT2D eigenvalue weighted by atomic mass is 19.1. The van der Waals surface area contributed by atoms with Crippen LogP contribution in [0.1, 0.15) is 53.9 Å². The summed E-state index contributed by atoms with van der Waals surface area (Å²) < 4.78 is 12.1. The maximum absolute atomic E-state index is 12.1. The molecular weight excluding hydrogens is 189 g/mol. The second kappa shape index (κ2) is 12.0. The lowest BCUT2D eigenvalue weighted by Crippen LogP contribution is -2.29. The first-order valence-corrected chi connectivity index (χ1v) is 6.51. The Morgan fingerprint density at radius 2 is 1.67 bits per heavy atom. The molecule has 0 radical (unpaired) electrons. The summed E-state index contributed by atoms with van der Waals surface area (Å²) in [5.74, 6) is 1.36. The molecule has 0 aromatic carbocycles. The molecule has 0 amide bonds. The van der Waals surface area contributed by atoms with Gasteiger partial charge in [-0.25, -0.2) is 0 Å². The minimum Gasteiger partial charge on any atom is -0.317 e. The van der Waals surface area contributed by atoms with E-state index in [0.29, 0.717) is 12.0 Å². The minimum atomic E-state index is -0.157. The van der Waals surface area contributed by atoms with Gasteiger partial charge in [-0.15, -0.1) is 0 Å². The van der Waals surface area contributed by atoms with Crippen LogP contribution in [0.4, 0.5) is 4.39 Å². The van der Waals surface area contributed by atoms with Crippen LogP contribution in [0.5, 0.6) is 0 Å².